The van der Waals surface area contributed by atoms with E-state index < -0.39 is 10.1 Å². The topological polar surface area (TPSA) is 52.6 Å². The number of halogens is 2. The SMILES string of the molecule is COc1ccc(S(=O)(=O)Oc2cc(Cl)ccc2Cl)c2ccccc12. The summed E-state index contributed by atoms with van der Waals surface area (Å²) in [6.07, 6.45) is 0. The Labute approximate surface area is 149 Å². The lowest BCUT2D eigenvalue weighted by Gasteiger charge is -2.12. The van der Waals surface area contributed by atoms with Crippen LogP contribution in [0.5, 0.6) is 11.5 Å². The molecular formula is C17H12Cl2O4S. The van der Waals surface area contributed by atoms with E-state index in [2.05, 4.69) is 0 Å². The van der Waals surface area contributed by atoms with E-state index >= 15 is 0 Å². The summed E-state index contributed by atoms with van der Waals surface area (Å²) in [5.74, 6) is 0.550. The molecule has 0 saturated carbocycles. The van der Waals surface area contributed by atoms with Crippen LogP contribution in [-0.4, -0.2) is 15.5 Å². The summed E-state index contributed by atoms with van der Waals surface area (Å²) < 4.78 is 35.9. The molecule has 3 aromatic rings. The molecule has 0 unspecified atom stereocenters. The Morgan fingerprint density at radius 2 is 1.58 bits per heavy atom. The molecule has 0 fully saturated rings. The third-order valence-corrected chi connectivity index (χ3v) is 5.27. The molecule has 0 spiro atoms. The fourth-order valence-electron chi connectivity index (χ4n) is 2.34. The van der Waals surface area contributed by atoms with Crippen LogP contribution < -0.4 is 8.92 Å². The molecule has 0 aliphatic rings. The van der Waals surface area contributed by atoms with Gasteiger partial charge in [-0.2, -0.15) is 8.42 Å². The van der Waals surface area contributed by atoms with Crippen LogP contribution in [0, 0.1) is 0 Å². The molecule has 0 aliphatic carbocycles. The van der Waals surface area contributed by atoms with E-state index in [1.165, 1.54) is 25.3 Å². The summed E-state index contributed by atoms with van der Waals surface area (Å²) in [7, 11) is -2.58. The monoisotopic (exact) mass is 382 g/mol. The second-order valence-electron chi connectivity index (χ2n) is 4.92. The van der Waals surface area contributed by atoms with Crippen molar-refractivity contribution < 1.29 is 17.3 Å². The number of benzene rings is 3. The van der Waals surface area contributed by atoms with Crippen LogP contribution in [-0.2, 0) is 10.1 Å². The maximum atomic E-state index is 12.7. The van der Waals surface area contributed by atoms with Gasteiger partial charge in [-0.3, -0.25) is 0 Å². The number of hydrogen-bond acceptors (Lipinski definition) is 4. The number of rotatable bonds is 4. The van der Waals surface area contributed by atoms with Gasteiger partial charge in [0.05, 0.1) is 12.1 Å². The smallest absolute Gasteiger partial charge is 0.339 e. The van der Waals surface area contributed by atoms with Crippen molar-refractivity contribution in [3.8, 4) is 11.5 Å². The first-order valence-electron chi connectivity index (χ1n) is 6.87. The summed E-state index contributed by atoms with van der Waals surface area (Å²) in [5.41, 5.74) is 0. The molecule has 3 rings (SSSR count). The van der Waals surface area contributed by atoms with Crippen LogP contribution in [0.25, 0.3) is 10.8 Å². The van der Waals surface area contributed by atoms with Crippen LogP contribution in [0.1, 0.15) is 0 Å². The highest BCUT2D eigenvalue weighted by atomic mass is 35.5. The molecule has 0 saturated heterocycles. The summed E-state index contributed by atoms with van der Waals surface area (Å²) in [5, 5.41) is 1.64. The van der Waals surface area contributed by atoms with E-state index in [1.807, 2.05) is 0 Å². The molecule has 0 amide bonds. The predicted octanol–water partition coefficient (Wildman–Crippen LogP) is 4.92. The number of hydrogen-bond donors (Lipinski definition) is 0. The van der Waals surface area contributed by atoms with E-state index in [-0.39, 0.29) is 15.7 Å². The fourth-order valence-corrected chi connectivity index (χ4v) is 3.85. The molecule has 124 valence electrons. The van der Waals surface area contributed by atoms with Gasteiger partial charge in [0.15, 0.2) is 5.75 Å². The average Bonchev–Trinajstić information content (AvgIpc) is 2.56. The van der Waals surface area contributed by atoms with Gasteiger partial charge in [-0.1, -0.05) is 47.5 Å². The highest BCUT2D eigenvalue weighted by Gasteiger charge is 2.22. The van der Waals surface area contributed by atoms with Gasteiger partial charge >= 0.3 is 10.1 Å². The molecule has 24 heavy (non-hydrogen) atoms. The lowest BCUT2D eigenvalue weighted by atomic mass is 10.1. The standard InChI is InChI=1S/C17H12Cl2O4S/c1-22-15-8-9-17(13-5-3-2-4-12(13)15)24(20,21)23-16-10-11(18)6-7-14(16)19/h2-10H,1H3. The van der Waals surface area contributed by atoms with Gasteiger partial charge in [0.1, 0.15) is 10.6 Å². The summed E-state index contributed by atoms with van der Waals surface area (Å²) in [6.45, 7) is 0. The predicted molar refractivity (Wildman–Crippen MR) is 94.8 cm³/mol. The van der Waals surface area contributed by atoms with Crippen molar-refractivity contribution in [3.63, 3.8) is 0 Å². The molecule has 7 heteroatoms. The summed E-state index contributed by atoms with van der Waals surface area (Å²) in [6, 6.07) is 14.4. The van der Waals surface area contributed by atoms with E-state index in [0.29, 0.717) is 21.5 Å². The molecule has 0 radical (unpaired) electrons. The highest BCUT2D eigenvalue weighted by molar-refractivity contribution is 7.87. The third kappa shape index (κ3) is 3.15. The number of methoxy groups -OCH3 is 1. The molecule has 0 aromatic heterocycles. The van der Waals surface area contributed by atoms with Gasteiger partial charge in [0.25, 0.3) is 0 Å². The lowest BCUT2D eigenvalue weighted by molar-refractivity contribution is 0.419. The molecule has 0 N–H and O–H groups in total. The average molecular weight is 383 g/mol. The van der Waals surface area contributed by atoms with Crippen molar-refractivity contribution in [1.82, 2.24) is 0 Å². The zero-order valence-corrected chi connectivity index (χ0v) is 14.8. The third-order valence-electron chi connectivity index (χ3n) is 3.43. The van der Waals surface area contributed by atoms with Gasteiger partial charge in [0.2, 0.25) is 0 Å². The first-order chi connectivity index (χ1) is 11.4. The molecule has 0 aliphatic heterocycles. The molecule has 3 aromatic carbocycles. The van der Waals surface area contributed by atoms with Crippen molar-refractivity contribution in [1.29, 1.82) is 0 Å². The first-order valence-corrected chi connectivity index (χ1v) is 9.04. The van der Waals surface area contributed by atoms with Crippen molar-refractivity contribution in [2.24, 2.45) is 0 Å². The number of ether oxygens (including phenoxy) is 1. The molecular weight excluding hydrogens is 371 g/mol. The van der Waals surface area contributed by atoms with Crippen molar-refractivity contribution >= 4 is 44.1 Å². The normalized spacial score (nSPS) is 11.5. The van der Waals surface area contributed by atoms with E-state index in [9.17, 15) is 8.42 Å². The second-order valence-corrected chi connectivity index (χ2v) is 7.28. The number of fused-ring (bicyclic) bond motifs is 1. The molecule has 0 heterocycles. The van der Waals surface area contributed by atoms with E-state index in [0.717, 1.165) is 0 Å². The van der Waals surface area contributed by atoms with E-state index in [1.54, 1.807) is 36.4 Å². The maximum Gasteiger partial charge on any atom is 0.339 e. The largest absolute Gasteiger partial charge is 0.496 e. The Morgan fingerprint density at radius 3 is 2.29 bits per heavy atom. The van der Waals surface area contributed by atoms with Gasteiger partial charge in [-0.15, -0.1) is 0 Å². The Morgan fingerprint density at radius 1 is 0.875 bits per heavy atom. The van der Waals surface area contributed by atoms with Crippen molar-refractivity contribution in [2.75, 3.05) is 7.11 Å². The second kappa shape index (κ2) is 6.51. The van der Waals surface area contributed by atoms with Crippen LogP contribution in [0.3, 0.4) is 0 Å². The maximum absolute atomic E-state index is 12.7. The Balaban J connectivity index is 2.14. The van der Waals surface area contributed by atoms with Crippen molar-refractivity contribution in [3.05, 3.63) is 64.6 Å². The van der Waals surface area contributed by atoms with Crippen LogP contribution in [0.2, 0.25) is 10.0 Å². The van der Waals surface area contributed by atoms with Crippen LogP contribution in [0.4, 0.5) is 0 Å². The fraction of sp³-hybridized carbons (Fsp3) is 0.0588. The van der Waals surface area contributed by atoms with Gasteiger partial charge in [0, 0.05) is 21.9 Å². The molecule has 0 bridgehead atoms. The Kier molecular flexibility index (Phi) is 4.58. The minimum absolute atomic E-state index is 0.0231. The molecule has 0 atom stereocenters. The quantitative estimate of drug-likeness (QED) is 0.600. The van der Waals surface area contributed by atoms with Gasteiger partial charge in [-0.25, -0.2) is 0 Å². The van der Waals surface area contributed by atoms with Gasteiger partial charge < -0.3 is 8.92 Å². The summed E-state index contributed by atoms with van der Waals surface area (Å²) >= 11 is 11.9. The zero-order chi connectivity index (χ0) is 17.3. The van der Waals surface area contributed by atoms with E-state index in [4.69, 9.17) is 32.1 Å². The zero-order valence-electron chi connectivity index (χ0n) is 12.5. The van der Waals surface area contributed by atoms with Crippen LogP contribution >= 0.6 is 23.2 Å². The minimum atomic E-state index is -4.10. The Bertz CT molecular complexity index is 1020. The molecule has 4 nitrogen and oxygen atoms in total. The summed E-state index contributed by atoms with van der Waals surface area (Å²) in [4.78, 5) is 0.0231. The van der Waals surface area contributed by atoms with Crippen molar-refractivity contribution in [2.45, 2.75) is 4.90 Å². The Hall–Kier alpha value is -1.95. The highest BCUT2D eigenvalue weighted by Crippen LogP contribution is 2.34. The van der Waals surface area contributed by atoms with Crippen LogP contribution in [0.15, 0.2) is 59.5 Å². The minimum Gasteiger partial charge on any atom is -0.496 e. The van der Waals surface area contributed by atoms with Gasteiger partial charge in [-0.05, 0) is 24.3 Å². The first kappa shape index (κ1) is 16.9. The lowest BCUT2D eigenvalue weighted by Crippen LogP contribution is -2.10.